The molecule has 2 rings (SSSR count). The summed E-state index contributed by atoms with van der Waals surface area (Å²) in [5.74, 6) is -2.15. The van der Waals surface area contributed by atoms with E-state index in [1.807, 2.05) is 6.92 Å². The molecular weight excluding hydrogens is 262 g/mol. The zero-order valence-electron chi connectivity index (χ0n) is 11.0. The average Bonchev–Trinajstić information content (AvgIpc) is 2.49. The first-order valence-corrected chi connectivity index (χ1v) is 6.34. The Morgan fingerprint density at radius 1 is 1.05 bits per heavy atom. The van der Waals surface area contributed by atoms with Crippen LogP contribution in [0.1, 0.15) is 23.7 Å². The number of ether oxygens (including phenoxy) is 1. The zero-order valence-corrected chi connectivity index (χ0v) is 11.0. The van der Waals surface area contributed by atoms with Gasteiger partial charge in [0.25, 0.3) is 0 Å². The minimum atomic E-state index is -1.03. The Labute approximate surface area is 116 Å². The molecule has 0 amide bonds. The van der Waals surface area contributed by atoms with Crippen LogP contribution in [0.15, 0.2) is 36.4 Å². The van der Waals surface area contributed by atoms with Crippen LogP contribution >= 0.6 is 0 Å². The van der Waals surface area contributed by atoms with Gasteiger partial charge in [0.05, 0.1) is 6.61 Å². The molecule has 0 atom stereocenters. The number of aldehydes is 1. The van der Waals surface area contributed by atoms with Crippen molar-refractivity contribution in [2.45, 2.75) is 13.3 Å². The van der Waals surface area contributed by atoms with Gasteiger partial charge in [-0.3, -0.25) is 4.79 Å². The van der Waals surface area contributed by atoms with Crippen molar-refractivity contribution in [2.75, 3.05) is 6.61 Å². The van der Waals surface area contributed by atoms with E-state index < -0.39 is 11.6 Å². The lowest BCUT2D eigenvalue weighted by Crippen LogP contribution is -2.01. The number of halogens is 2. The topological polar surface area (TPSA) is 26.3 Å². The van der Waals surface area contributed by atoms with Crippen LogP contribution in [0.5, 0.6) is 5.75 Å². The summed E-state index contributed by atoms with van der Waals surface area (Å²) in [6.07, 6.45) is 1.32. The molecular formula is C16H14F2O2. The van der Waals surface area contributed by atoms with E-state index in [9.17, 15) is 13.6 Å². The van der Waals surface area contributed by atoms with Gasteiger partial charge < -0.3 is 4.74 Å². The molecule has 0 fully saturated rings. The molecule has 0 saturated carbocycles. The van der Waals surface area contributed by atoms with Gasteiger partial charge in [0.15, 0.2) is 17.9 Å². The van der Waals surface area contributed by atoms with Gasteiger partial charge in [0.2, 0.25) is 5.82 Å². The van der Waals surface area contributed by atoms with E-state index >= 15 is 0 Å². The molecule has 0 spiro atoms. The maximum absolute atomic E-state index is 14.1. The van der Waals surface area contributed by atoms with Crippen molar-refractivity contribution in [3.8, 4) is 16.9 Å². The Kier molecular flexibility index (Phi) is 4.45. The van der Waals surface area contributed by atoms with Gasteiger partial charge in [-0.05, 0) is 24.1 Å². The Hall–Kier alpha value is -2.23. The van der Waals surface area contributed by atoms with Crippen LogP contribution in [-0.2, 0) is 0 Å². The minimum Gasteiger partial charge on any atom is -0.490 e. The predicted molar refractivity (Wildman–Crippen MR) is 73.0 cm³/mol. The van der Waals surface area contributed by atoms with E-state index in [0.29, 0.717) is 30.4 Å². The molecule has 0 radical (unpaired) electrons. The Morgan fingerprint density at radius 3 is 2.50 bits per heavy atom. The SMILES string of the molecule is CCCOc1ccc(-c2ccccc2C=O)c(F)c1F. The lowest BCUT2D eigenvalue weighted by atomic mass is 9.99. The molecule has 0 aliphatic rings. The van der Waals surface area contributed by atoms with Crippen LogP contribution in [0.4, 0.5) is 8.78 Å². The van der Waals surface area contributed by atoms with Crippen molar-refractivity contribution >= 4 is 6.29 Å². The van der Waals surface area contributed by atoms with Gasteiger partial charge in [-0.1, -0.05) is 31.2 Å². The number of carbonyl (C=O) groups is 1. The fourth-order valence-electron chi connectivity index (χ4n) is 1.91. The molecule has 0 heterocycles. The van der Waals surface area contributed by atoms with Crippen molar-refractivity contribution in [1.82, 2.24) is 0 Å². The molecule has 0 unspecified atom stereocenters. The molecule has 0 aliphatic carbocycles. The molecule has 0 aromatic heterocycles. The van der Waals surface area contributed by atoms with E-state index in [-0.39, 0.29) is 11.3 Å². The summed E-state index contributed by atoms with van der Waals surface area (Å²) in [6.45, 7) is 2.20. The van der Waals surface area contributed by atoms with Gasteiger partial charge in [-0.25, -0.2) is 4.39 Å². The first-order valence-electron chi connectivity index (χ1n) is 6.34. The second-order valence-electron chi connectivity index (χ2n) is 4.29. The van der Waals surface area contributed by atoms with Crippen LogP contribution in [-0.4, -0.2) is 12.9 Å². The van der Waals surface area contributed by atoms with Crippen LogP contribution in [0.2, 0.25) is 0 Å². The molecule has 0 aliphatic heterocycles. The second-order valence-corrected chi connectivity index (χ2v) is 4.29. The lowest BCUT2D eigenvalue weighted by molar-refractivity contribution is 0.112. The number of benzene rings is 2. The first kappa shape index (κ1) is 14.2. The molecule has 0 N–H and O–H groups in total. The van der Waals surface area contributed by atoms with Gasteiger partial charge in [0, 0.05) is 11.1 Å². The Morgan fingerprint density at radius 2 is 1.80 bits per heavy atom. The number of hydrogen-bond acceptors (Lipinski definition) is 2. The quantitative estimate of drug-likeness (QED) is 0.764. The molecule has 2 aromatic carbocycles. The molecule has 4 heteroatoms. The molecule has 20 heavy (non-hydrogen) atoms. The molecule has 0 bridgehead atoms. The first-order chi connectivity index (χ1) is 9.69. The largest absolute Gasteiger partial charge is 0.490 e. The third kappa shape index (κ3) is 2.69. The zero-order chi connectivity index (χ0) is 14.5. The van der Waals surface area contributed by atoms with Gasteiger partial charge in [-0.15, -0.1) is 0 Å². The summed E-state index contributed by atoms with van der Waals surface area (Å²) < 4.78 is 33.2. The number of carbonyl (C=O) groups excluding carboxylic acids is 1. The van der Waals surface area contributed by atoms with Crippen LogP contribution in [0, 0.1) is 11.6 Å². The van der Waals surface area contributed by atoms with Crippen molar-refractivity contribution < 1.29 is 18.3 Å². The monoisotopic (exact) mass is 276 g/mol. The normalized spacial score (nSPS) is 10.3. The molecule has 2 nitrogen and oxygen atoms in total. The van der Waals surface area contributed by atoms with Gasteiger partial charge in [0.1, 0.15) is 0 Å². The average molecular weight is 276 g/mol. The van der Waals surface area contributed by atoms with Crippen molar-refractivity contribution in [3.63, 3.8) is 0 Å². The predicted octanol–water partition coefficient (Wildman–Crippen LogP) is 4.23. The van der Waals surface area contributed by atoms with E-state index in [1.54, 1.807) is 24.3 Å². The van der Waals surface area contributed by atoms with Gasteiger partial charge >= 0.3 is 0 Å². The van der Waals surface area contributed by atoms with Crippen LogP contribution in [0.3, 0.4) is 0 Å². The fraction of sp³-hybridized carbons (Fsp3) is 0.188. The highest BCUT2D eigenvalue weighted by Gasteiger charge is 2.17. The molecule has 2 aromatic rings. The van der Waals surface area contributed by atoms with Crippen LogP contribution < -0.4 is 4.74 Å². The summed E-state index contributed by atoms with van der Waals surface area (Å²) in [5.41, 5.74) is 0.725. The van der Waals surface area contributed by atoms with E-state index in [2.05, 4.69) is 0 Å². The number of hydrogen-bond donors (Lipinski definition) is 0. The third-order valence-corrected chi connectivity index (χ3v) is 2.89. The maximum Gasteiger partial charge on any atom is 0.201 e. The summed E-state index contributed by atoms with van der Waals surface area (Å²) in [7, 11) is 0. The van der Waals surface area contributed by atoms with Crippen molar-refractivity contribution in [3.05, 3.63) is 53.6 Å². The second kappa shape index (κ2) is 6.28. The highest BCUT2D eigenvalue weighted by molar-refractivity contribution is 5.87. The highest BCUT2D eigenvalue weighted by Crippen LogP contribution is 2.31. The molecule has 0 saturated heterocycles. The lowest BCUT2D eigenvalue weighted by Gasteiger charge is -2.11. The third-order valence-electron chi connectivity index (χ3n) is 2.89. The summed E-state index contributed by atoms with van der Waals surface area (Å²) >= 11 is 0. The Bertz CT molecular complexity index is 624. The smallest absolute Gasteiger partial charge is 0.201 e. The van der Waals surface area contributed by atoms with E-state index in [1.165, 1.54) is 12.1 Å². The molecule has 104 valence electrons. The Balaban J connectivity index is 2.48. The van der Waals surface area contributed by atoms with Crippen LogP contribution in [0.25, 0.3) is 11.1 Å². The maximum atomic E-state index is 14.1. The fourth-order valence-corrected chi connectivity index (χ4v) is 1.91. The number of rotatable bonds is 5. The highest BCUT2D eigenvalue weighted by atomic mass is 19.2. The van der Waals surface area contributed by atoms with Gasteiger partial charge in [-0.2, -0.15) is 4.39 Å². The minimum absolute atomic E-state index is 0.0500. The summed E-state index contributed by atoms with van der Waals surface area (Å²) in [6, 6.07) is 9.27. The van der Waals surface area contributed by atoms with Crippen molar-refractivity contribution in [2.24, 2.45) is 0 Å². The van der Waals surface area contributed by atoms with E-state index in [0.717, 1.165) is 0 Å². The standard InChI is InChI=1S/C16H14F2O2/c1-2-9-20-14-8-7-13(15(17)16(14)18)12-6-4-3-5-11(12)10-19/h3-8,10H,2,9H2,1H3. The summed E-state index contributed by atoms with van der Waals surface area (Å²) in [5, 5.41) is 0. The summed E-state index contributed by atoms with van der Waals surface area (Å²) in [4.78, 5) is 11.0. The van der Waals surface area contributed by atoms with E-state index in [4.69, 9.17) is 4.74 Å². The van der Waals surface area contributed by atoms with Crippen molar-refractivity contribution in [1.29, 1.82) is 0 Å².